The molecule has 3 aromatic heterocycles. The van der Waals surface area contributed by atoms with Crippen molar-refractivity contribution in [3.05, 3.63) is 59.5 Å². The lowest BCUT2D eigenvalue weighted by atomic mass is 9.96. The third kappa shape index (κ3) is 6.48. The molecular formula is C25H28N6O3S. The second-order valence-electron chi connectivity index (χ2n) is 8.25. The van der Waals surface area contributed by atoms with E-state index in [9.17, 15) is 9.59 Å². The van der Waals surface area contributed by atoms with Gasteiger partial charge in [0, 0.05) is 39.9 Å². The maximum Gasteiger partial charge on any atom is 0.283 e. The zero-order chi connectivity index (χ0) is 24.6. The van der Waals surface area contributed by atoms with Crippen LogP contribution in [0.1, 0.15) is 18.5 Å². The number of rotatable bonds is 8. The number of nitrogens with zero attached hydrogens (tertiary/aromatic N) is 5. The lowest BCUT2D eigenvalue weighted by molar-refractivity contribution is -0.104. The van der Waals surface area contributed by atoms with Crippen molar-refractivity contribution in [3.8, 4) is 11.5 Å². The first-order valence-corrected chi connectivity index (χ1v) is 12.2. The van der Waals surface area contributed by atoms with Crippen molar-refractivity contribution in [2.75, 3.05) is 43.5 Å². The van der Waals surface area contributed by atoms with Crippen LogP contribution >= 0.6 is 11.8 Å². The van der Waals surface area contributed by atoms with Crippen LogP contribution < -0.4 is 15.1 Å². The Balaban J connectivity index is 1.34. The molecule has 0 bridgehead atoms. The first kappa shape index (κ1) is 24.5. The Labute approximate surface area is 208 Å². The molecule has 10 heteroatoms. The van der Waals surface area contributed by atoms with Crippen LogP contribution in [0.5, 0.6) is 0 Å². The fourth-order valence-electron chi connectivity index (χ4n) is 3.98. The number of carbonyl (C=O) groups excluding carboxylic acids is 2. The topological polar surface area (TPSA) is 104 Å². The molecule has 0 aliphatic carbocycles. The highest BCUT2D eigenvalue weighted by molar-refractivity contribution is 8.17. The molecule has 1 aliphatic rings. The highest BCUT2D eigenvalue weighted by Gasteiger charge is 2.23. The van der Waals surface area contributed by atoms with Crippen molar-refractivity contribution in [3.63, 3.8) is 0 Å². The van der Waals surface area contributed by atoms with Gasteiger partial charge in [0.05, 0.1) is 16.9 Å². The average molecular weight is 493 g/mol. The quantitative estimate of drug-likeness (QED) is 0.368. The molecule has 0 atom stereocenters. The summed E-state index contributed by atoms with van der Waals surface area (Å²) in [6, 6.07) is 11.5. The molecule has 1 aliphatic heterocycles. The molecular weight excluding hydrogens is 464 g/mol. The maximum absolute atomic E-state index is 11.6. The third-order valence-electron chi connectivity index (χ3n) is 5.81. The SMILES string of the molecule is CNC(=O)S/C(C=O)=C\c1ccnc(N2CCC(CN(C)c3cccc(-c4ccco4)n3)CC2)n1. The molecule has 1 saturated heterocycles. The molecule has 4 heterocycles. The minimum atomic E-state index is -0.299. The number of pyridine rings is 1. The molecule has 1 fully saturated rings. The van der Waals surface area contributed by atoms with Gasteiger partial charge in [0.1, 0.15) is 11.5 Å². The molecule has 0 spiro atoms. The zero-order valence-electron chi connectivity index (χ0n) is 19.8. The molecule has 1 amide bonds. The molecule has 0 radical (unpaired) electrons. The average Bonchev–Trinajstić information content (AvgIpc) is 3.44. The number of carbonyl (C=O) groups is 2. The van der Waals surface area contributed by atoms with Crippen molar-refractivity contribution in [2.24, 2.45) is 5.92 Å². The van der Waals surface area contributed by atoms with Gasteiger partial charge in [0.15, 0.2) is 12.0 Å². The van der Waals surface area contributed by atoms with E-state index in [-0.39, 0.29) is 5.24 Å². The van der Waals surface area contributed by atoms with Crippen molar-refractivity contribution >= 4 is 41.1 Å². The van der Waals surface area contributed by atoms with Crippen LogP contribution in [0.15, 0.2) is 58.2 Å². The Morgan fingerprint density at radius 2 is 2.06 bits per heavy atom. The second-order valence-corrected chi connectivity index (χ2v) is 9.30. The summed E-state index contributed by atoms with van der Waals surface area (Å²) in [6.07, 6.45) is 7.61. The van der Waals surface area contributed by atoms with Crippen molar-refractivity contribution < 1.29 is 14.0 Å². The number of anilines is 2. The first-order valence-electron chi connectivity index (χ1n) is 11.4. The molecule has 4 rings (SSSR count). The van der Waals surface area contributed by atoms with Crippen molar-refractivity contribution in [2.45, 2.75) is 12.8 Å². The number of hydrogen-bond acceptors (Lipinski definition) is 9. The van der Waals surface area contributed by atoms with Crippen molar-refractivity contribution in [1.29, 1.82) is 0 Å². The summed E-state index contributed by atoms with van der Waals surface area (Å²) in [6.45, 7) is 2.60. The smallest absolute Gasteiger partial charge is 0.283 e. The monoisotopic (exact) mass is 492 g/mol. The number of amides is 1. The van der Waals surface area contributed by atoms with E-state index in [1.54, 1.807) is 24.6 Å². The number of thioether (sulfide) groups is 1. The van der Waals surface area contributed by atoms with E-state index in [0.717, 1.165) is 61.5 Å². The molecule has 182 valence electrons. The normalized spacial score (nSPS) is 14.6. The number of aldehydes is 1. The number of nitrogens with one attached hydrogen (secondary N) is 1. The van der Waals surface area contributed by atoms with Gasteiger partial charge < -0.3 is 19.5 Å². The van der Waals surface area contributed by atoms with E-state index in [1.165, 1.54) is 7.05 Å². The minimum absolute atomic E-state index is 0.292. The molecule has 0 saturated carbocycles. The van der Waals surface area contributed by atoms with Gasteiger partial charge >= 0.3 is 0 Å². The number of hydrogen-bond donors (Lipinski definition) is 1. The Morgan fingerprint density at radius 3 is 2.77 bits per heavy atom. The Kier molecular flexibility index (Phi) is 8.15. The summed E-state index contributed by atoms with van der Waals surface area (Å²) in [5.74, 6) is 2.84. The molecule has 0 unspecified atom stereocenters. The van der Waals surface area contributed by atoms with E-state index in [1.807, 2.05) is 30.3 Å². The fraction of sp³-hybridized carbons (Fsp3) is 0.320. The first-order chi connectivity index (χ1) is 17.1. The van der Waals surface area contributed by atoms with Crippen LogP contribution in [0.25, 0.3) is 17.5 Å². The summed E-state index contributed by atoms with van der Waals surface area (Å²) in [7, 11) is 3.59. The lowest BCUT2D eigenvalue weighted by Gasteiger charge is -2.34. The van der Waals surface area contributed by atoms with Crippen LogP contribution in [0, 0.1) is 5.92 Å². The highest BCUT2D eigenvalue weighted by atomic mass is 32.2. The molecule has 3 aromatic rings. The maximum atomic E-state index is 11.6. The van der Waals surface area contributed by atoms with Crippen LogP contribution in [-0.4, -0.2) is 60.2 Å². The minimum Gasteiger partial charge on any atom is -0.463 e. The van der Waals surface area contributed by atoms with E-state index in [0.29, 0.717) is 28.8 Å². The van der Waals surface area contributed by atoms with E-state index in [4.69, 9.17) is 9.40 Å². The fourth-order valence-corrected chi connectivity index (χ4v) is 4.52. The predicted octanol–water partition coefficient (Wildman–Crippen LogP) is 4.10. The van der Waals surface area contributed by atoms with E-state index < -0.39 is 0 Å². The summed E-state index contributed by atoms with van der Waals surface area (Å²) >= 11 is 0.839. The molecule has 1 N–H and O–H groups in total. The Bertz CT molecular complexity index is 1180. The summed E-state index contributed by atoms with van der Waals surface area (Å²) in [5, 5.41) is 2.19. The van der Waals surface area contributed by atoms with Gasteiger partial charge in [-0.25, -0.2) is 15.0 Å². The van der Waals surface area contributed by atoms with Crippen LogP contribution in [0.4, 0.5) is 16.6 Å². The molecule has 9 nitrogen and oxygen atoms in total. The van der Waals surface area contributed by atoms with Gasteiger partial charge in [-0.1, -0.05) is 6.07 Å². The summed E-state index contributed by atoms with van der Waals surface area (Å²) < 4.78 is 5.48. The highest BCUT2D eigenvalue weighted by Crippen LogP contribution is 2.25. The largest absolute Gasteiger partial charge is 0.463 e. The van der Waals surface area contributed by atoms with E-state index in [2.05, 4.69) is 32.1 Å². The standard InChI is InChI=1S/C25H28N6O3S/c1-26-25(33)35-20(17-32)15-19-8-11-27-24(28-19)31-12-9-18(10-13-31)16-30(2)23-7-3-5-21(29-23)22-6-4-14-34-22/h3-8,11,14-15,17-18H,9-10,12-13,16H2,1-2H3,(H,26,33)/b20-15-. The third-order valence-corrected chi connectivity index (χ3v) is 6.65. The van der Waals surface area contributed by atoms with Gasteiger partial charge in [0.25, 0.3) is 5.24 Å². The van der Waals surface area contributed by atoms with Crippen LogP contribution in [-0.2, 0) is 4.79 Å². The summed E-state index contributed by atoms with van der Waals surface area (Å²) in [4.78, 5) is 41.3. The summed E-state index contributed by atoms with van der Waals surface area (Å²) in [5.41, 5.74) is 1.42. The molecule has 35 heavy (non-hydrogen) atoms. The zero-order valence-corrected chi connectivity index (χ0v) is 20.6. The second kappa shape index (κ2) is 11.7. The Morgan fingerprint density at radius 1 is 1.23 bits per heavy atom. The lowest BCUT2D eigenvalue weighted by Crippen LogP contribution is -2.38. The van der Waals surface area contributed by atoms with Crippen molar-refractivity contribution in [1.82, 2.24) is 20.3 Å². The number of allylic oxidation sites excluding steroid dienone is 1. The van der Waals surface area contributed by atoms with Gasteiger partial charge in [0.2, 0.25) is 5.95 Å². The van der Waals surface area contributed by atoms with Crippen LogP contribution in [0.3, 0.4) is 0 Å². The van der Waals surface area contributed by atoms with E-state index >= 15 is 0 Å². The van der Waals surface area contributed by atoms with Gasteiger partial charge in [-0.15, -0.1) is 0 Å². The number of furan rings is 1. The number of piperidine rings is 1. The van der Waals surface area contributed by atoms with Gasteiger partial charge in [-0.3, -0.25) is 9.59 Å². The van der Waals surface area contributed by atoms with Gasteiger partial charge in [-0.05, 0) is 66.9 Å². The predicted molar refractivity (Wildman–Crippen MR) is 138 cm³/mol. The Hall–Kier alpha value is -3.66. The number of aromatic nitrogens is 3. The van der Waals surface area contributed by atoms with Crippen LogP contribution in [0.2, 0.25) is 0 Å². The molecule has 0 aromatic carbocycles. The van der Waals surface area contributed by atoms with Gasteiger partial charge in [-0.2, -0.15) is 0 Å².